The summed E-state index contributed by atoms with van der Waals surface area (Å²) in [6, 6.07) is 7.79. The molecule has 0 aliphatic carbocycles. The molecule has 24 heavy (non-hydrogen) atoms. The van der Waals surface area contributed by atoms with Crippen LogP contribution in [0.5, 0.6) is 0 Å². The Labute approximate surface area is 139 Å². The number of carbonyl (C=O) groups is 1. The lowest BCUT2D eigenvalue weighted by molar-refractivity contribution is -0.117. The van der Waals surface area contributed by atoms with Gasteiger partial charge in [0.25, 0.3) is 0 Å². The zero-order valence-electron chi connectivity index (χ0n) is 13.7. The van der Waals surface area contributed by atoms with Gasteiger partial charge >= 0.3 is 0 Å². The summed E-state index contributed by atoms with van der Waals surface area (Å²) >= 11 is 0. The van der Waals surface area contributed by atoms with Crippen molar-refractivity contribution in [2.75, 3.05) is 29.4 Å². The fourth-order valence-electron chi connectivity index (χ4n) is 3.05. The maximum Gasteiger partial charge on any atom is 0.246 e. The van der Waals surface area contributed by atoms with E-state index in [0.717, 1.165) is 28.2 Å². The summed E-state index contributed by atoms with van der Waals surface area (Å²) in [5.41, 5.74) is 3.40. The number of fused-ring (bicyclic) bond motifs is 1. The van der Waals surface area contributed by atoms with Crippen LogP contribution in [0.25, 0.3) is 11.0 Å². The minimum Gasteiger partial charge on any atom is -0.344 e. The minimum absolute atomic E-state index is 0.0450. The molecule has 3 aromatic rings. The molecule has 3 heterocycles. The lowest BCUT2D eigenvalue weighted by Gasteiger charge is -2.34. The van der Waals surface area contributed by atoms with E-state index in [1.165, 1.54) is 0 Å². The van der Waals surface area contributed by atoms with Crippen LogP contribution in [0.2, 0.25) is 0 Å². The molecule has 7 nitrogen and oxygen atoms in total. The number of hydrogen-bond donors (Lipinski definition) is 0. The highest BCUT2D eigenvalue weighted by Crippen LogP contribution is 2.23. The number of hydrogen-bond acceptors (Lipinski definition) is 5. The van der Waals surface area contributed by atoms with Crippen molar-refractivity contribution in [3.63, 3.8) is 0 Å². The number of nitrogens with zero attached hydrogens (tertiary/aromatic N) is 6. The zero-order chi connectivity index (χ0) is 16.7. The molecule has 7 heteroatoms. The predicted octanol–water partition coefficient (Wildman–Crippen LogP) is 1.52. The van der Waals surface area contributed by atoms with E-state index < -0.39 is 0 Å². The SMILES string of the molecule is Cc1nc2ccccc2nc1N1CCN(c2cnn(C)c2)C(=O)C1. The molecular formula is C17H18N6O. The van der Waals surface area contributed by atoms with Crippen molar-refractivity contribution in [1.82, 2.24) is 19.7 Å². The van der Waals surface area contributed by atoms with E-state index in [2.05, 4.69) is 10.1 Å². The quantitative estimate of drug-likeness (QED) is 0.716. The van der Waals surface area contributed by atoms with Crippen LogP contribution in [0.15, 0.2) is 36.7 Å². The number of anilines is 2. The number of piperazine rings is 1. The summed E-state index contributed by atoms with van der Waals surface area (Å²) < 4.78 is 1.70. The van der Waals surface area contributed by atoms with Gasteiger partial charge in [0.15, 0.2) is 5.82 Å². The van der Waals surface area contributed by atoms with E-state index >= 15 is 0 Å². The van der Waals surface area contributed by atoms with E-state index in [1.807, 2.05) is 49.3 Å². The molecular weight excluding hydrogens is 304 g/mol. The number of rotatable bonds is 2. The summed E-state index contributed by atoms with van der Waals surface area (Å²) in [5.74, 6) is 0.830. The van der Waals surface area contributed by atoms with E-state index in [1.54, 1.807) is 15.8 Å². The van der Waals surface area contributed by atoms with Crippen LogP contribution in [-0.4, -0.2) is 45.3 Å². The second-order valence-corrected chi connectivity index (χ2v) is 5.96. The molecule has 0 bridgehead atoms. The summed E-state index contributed by atoms with van der Waals surface area (Å²) in [6.45, 7) is 3.56. The van der Waals surface area contributed by atoms with Gasteiger partial charge in [-0.2, -0.15) is 5.10 Å². The van der Waals surface area contributed by atoms with Gasteiger partial charge in [0.1, 0.15) is 0 Å². The third kappa shape index (κ3) is 2.47. The highest BCUT2D eigenvalue weighted by atomic mass is 16.2. The fraction of sp³-hybridized carbons (Fsp3) is 0.294. The van der Waals surface area contributed by atoms with Gasteiger partial charge in [-0.25, -0.2) is 9.97 Å². The normalized spacial score (nSPS) is 15.3. The zero-order valence-corrected chi connectivity index (χ0v) is 13.7. The van der Waals surface area contributed by atoms with Gasteiger partial charge in [-0.15, -0.1) is 0 Å². The Balaban J connectivity index is 1.61. The van der Waals surface area contributed by atoms with Crippen molar-refractivity contribution in [3.8, 4) is 0 Å². The van der Waals surface area contributed by atoms with E-state index in [4.69, 9.17) is 4.98 Å². The molecule has 0 spiro atoms. The van der Waals surface area contributed by atoms with Gasteiger partial charge in [0.05, 0.1) is 35.2 Å². The number of aryl methyl sites for hydroxylation is 2. The van der Waals surface area contributed by atoms with Crippen LogP contribution < -0.4 is 9.80 Å². The van der Waals surface area contributed by atoms with Gasteiger partial charge in [-0.05, 0) is 19.1 Å². The van der Waals surface area contributed by atoms with Crippen molar-refractivity contribution in [1.29, 1.82) is 0 Å². The second-order valence-electron chi connectivity index (χ2n) is 5.96. The average Bonchev–Trinajstić information content (AvgIpc) is 3.00. The molecule has 1 saturated heterocycles. The Bertz CT molecular complexity index is 918. The summed E-state index contributed by atoms with van der Waals surface area (Å²) in [4.78, 5) is 25.7. The highest BCUT2D eigenvalue weighted by molar-refractivity contribution is 5.97. The molecule has 0 unspecified atom stereocenters. The average molecular weight is 322 g/mol. The molecule has 122 valence electrons. The number of carbonyl (C=O) groups excluding carboxylic acids is 1. The van der Waals surface area contributed by atoms with Crippen molar-refractivity contribution < 1.29 is 4.79 Å². The minimum atomic E-state index is 0.0450. The van der Waals surface area contributed by atoms with Gasteiger partial charge in [-0.3, -0.25) is 9.48 Å². The molecule has 0 saturated carbocycles. The first kappa shape index (κ1) is 14.6. The van der Waals surface area contributed by atoms with Gasteiger partial charge in [0, 0.05) is 26.3 Å². The molecule has 0 N–H and O–H groups in total. The third-order valence-electron chi connectivity index (χ3n) is 4.24. The van der Waals surface area contributed by atoms with Crippen LogP contribution >= 0.6 is 0 Å². The fourth-order valence-corrected chi connectivity index (χ4v) is 3.05. The summed E-state index contributed by atoms with van der Waals surface area (Å²) in [5, 5.41) is 4.14. The van der Waals surface area contributed by atoms with E-state index in [0.29, 0.717) is 19.6 Å². The topological polar surface area (TPSA) is 67.2 Å². The van der Waals surface area contributed by atoms with Crippen molar-refractivity contribution >= 4 is 28.4 Å². The first-order chi connectivity index (χ1) is 11.6. The van der Waals surface area contributed by atoms with Crippen LogP contribution in [-0.2, 0) is 11.8 Å². The predicted molar refractivity (Wildman–Crippen MR) is 92.0 cm³/mol. The number of benzene rings is 1. The van der Waals surface area contributed by atoms with Gasteiger partial charge in [0.2, 0.25) is 5.91 Å². The Morgan fingerprint density at radius 1 is 1.08 bits per heavy atom. The lowest BCUT2D eigenvalue weighted by atomic mass is 10.2. The smallest absolute Gasteiger partial charge is 0.246 e. The van der Waals surface area contributed by atoms with E-state index in [-0.39, 0.29) is 5.91 Å². The molecule has 1 aromatic carbocycles. The Morgan fingerprint density at radius 2 is 1.83 bits per heavy atom. The second kappa shape index (κ2) is 5.59. The van der Waals surface area contributed by atoms with Crippen molar-refractivity contribution in [2.45, 2.75) is 6.92 Å². The standard InChI is InChI=1S/C17H18N6O/c1-12-17(20-15-6-4-3-5-14(15)19-12)22-7-8-23(16(24)11-22)13-9-18-21(2)10-13/h3-6,9-10H,7-8,11H2,1-2H3. The monoisotopic (exact) mass is 322 g/mol. The molecule has 2 aromatic heterocycles. The van der Waals surface area contributed by atoms with Crippen molar-refractivity contribution in [3.05, 3.63) is 42.4 Å². The van der Waals surface area contributed by atoms with Gasteiger partial charge in [-0.1, -0.05) is 12.1 Å². The Morgan fingerprint density at radius 3 is 2.50 bits per heavy atom. The molecule has 1 aliphatic heterocycles. The van der Waals surface area contributed by atoms with Crippen LogP contribution in [0.4, 0.5) is 11.5 Å². The molecule has 1 fully saturated rings. The Hall–Kier alpha value is -2.96. The number of aromatic nitrogens is 4. The molecule has 1 amide bonds. The maximum atomic E-state index is 12.6. The maximum absolute atomic E-state index is 12.6. The van der Waals surface area contributed by atoms with Crippen LogP contribution in [0, 0.1) is 6.92 Å². The number of amides is 1. The third-order valence-corrected chi connectivity index (χ3v) is 4.24. The summed E-state index contributed by atoms with van der Waals surface area (Å²) in [6.07, 6.45) is 3.57. The molecule has 1 aliphatic rings. The molecule has 0 atom stereocenters. The first-order valence-electron chi connectivity index (χ1n) is 7.89. The molecule has 4 rings (SSSR count). The van der Waals surface area contributed by atoms with Crippen LogP contribution in [0.1, 0.15) is 5.69 Å². The number of para-hydroxylation sites is 2. The molecule has 0 radical (unpaired) electrons. The summed E-state index contributed by atoms with van der Waals surface area (Å²) in [7, 11) is 1.85. The van der Waals surface area contributed by atoms with Gasteiger partial charge < -0.3 is 9.80 Å². The lowest BCUT2D eigenvalue weighted by Crippen LogP contribution is -2.51. The van der Waals surface area contributed by atoms with E-state index in [9.17, 15) is 4.79 Å². The van der Waals surface area contributed by atoms with Crippen molar-refractivity contribution in [2.24, 2.45) is 7.05 Å². The highest BCUT2D eigenvalue weighted by Gasteiger charge is 2.27. The Kier molecular flexibility index (Phi) is 3.41. The largest absolute Gasteiger partial charge is 0.344 e. The van der Waals surface area contributed by atoms with Crippen LogP contribution in [0.3, 0.4) is 0 Å². The first-order valence-corrected chi connectivity index (χ1v) is 7.89.